The molecule has 0 fully saturated rings. The molecule has 0 bridgehead atoms. The molecule has 0 aliphatic carbocycles. The van der Waals surface area contributed by atoms with Crippen LogP contribution in [0.4, 0.5) is 5.82 Å². The monoisotopic (exact) mass is 254 g/mol. The Kier molecular flexibility index (Phi) is 3.36. The zero-order valence-corrected chi connectivity index (χ0v) is 10.6. The highest BCUT2D eigenvalue weighted by Crippen LogP contribution is 2.16. The molecule has 0 saturated heterocycles. The van der Waals surface area contributed by atoms with Crippen LogP contribution in [0.3, 0.4) is 0 Å². The van der Waals surface area contributed by atoms with Gasteiger partial charge in [0.25, 0.3) is 0 Å². The van der Waals surface area contributed by atoms with Crippen molar-refractivity contribution in [3.05, 3.63) is 33.6 Å². The summed E-state index contributed by atoms with van der Waals surface area (Å²) in [5, 5.41) is 3.49. The predicted octanol–water partition coefficient (Wildman–Crippen LogP) is 2.53. The molecule has 2 heterocycles. The molecule has 0 aliphatic rings. The Labute approximate surface area is 103 Å². The molecule has 4 nitrogen and oxygen atoms in total. The third-order valence-electron chi connectivity index (χ3n) is 2.02. The van der Waals surface area contributed by atoms with Crippen LogP contribution in [-0.4, -0.2) is 22.0 Å². The summed E-state index contributed by atoms with van der Waals surface area (Å²) >= 11 is 7.43. The summed E-state index contributed by atoms with van der Waals surface area (Å²) in [6.07, 6.45) is 3.21. The van der Waals surface area contributed by atoms with Gasteiger partial charge in [-0.05, 0) is 6.92 Å². The molecule has 0 atom stereocenters. The van der Waals surface area contributed by atoms with Gasteiger partial charge < -0.3 is 4.90 Å². The Balaban J connectivity index is 2.11. The second-order valence-electron chi connectivity index (χ2n) is 3.44. The zero-order valence-electron chi connectivity index (χ0n) is 9.01. The van der Waals surface area contributed by atoms with Gasteiger partial charge in [0, 0.05) is 18.1 Å². The number of aromatic nitrogens is 3. The minimum absolute atomic E-state index is 0.402. The van der Waals surface area contributed by atoms with Crippen LogP contribution in [0, 0.1) is 6.92 Å². The van der Waals surface area contributed by atoms with Gasteiger partial charge in [-0.25, -0.2) is 9.97 Å². The van der Waals surface area contributed by atoms with E-state index >= 15 is 0 Å². The van der Waals surface area contributed by atoms with Crippen LogP contribution in [0.5, 0.6) is 0 Å². The number of thiazole rings is 1. The smallest absolute Gasteiger partial charge is 0.149 e. The van der Waals surface area contributed by atoms with Crippen molar-refractivity contribution in [2.24, 2.45) is 0 Å². The second kappa shape index (κ2) is 4.76. The van der Waals surface area contributed by atoms with E-state index in [2.05, 4.69) is 15.0 Å². The molecule has 2 aromatic heterocycles. The lowest BCUT2D eigenvalue weighted by Gasteiger charge is -2.15. The minimum atomic E-state index is 0.402. The number of hydrogen-bond acceptors (Lipinski definition) is 5. The molecule has 0 aliphatic heterocycles. The maximum Gasteiger partial charge on any atom is 0.149 e. The average Bonchev–Trinajstić information content (AvgIpc) is 2.64. The van der Waals surface area contributed by atoms with Gasteiger partial charge in [-0.3, -0.25) is 4.98 Å². The van der Waals surface area contributed by atoms with Crippen molar-refractivity contribution in [2.45, 2.75) is 13.5 Å². The largest absolute Gasteiger partial charge is 0.352 e. The van der Waals surface area contributed by atoms with Crippen LogP contribution in [-0.2, 0) is 6.54 Å². The first-order valence-corrected chi connectivity index (χ1v) is 6.00. The third-order valence-corrected chi connectivity index (χ3v) is 3.16. The molecule has 16 heavy (non-hydrogen) atoms. The number of nitrogens with zero attached hydrogens (tertiary/aromatic N) is 4. The van der Waals surface area contributed by atoms with Crippen molar-refractivity contribution >= 4 is 28.8 Å². The highest BCUT2D eigenvalue weighted by Gasteiger charge is 2.07. The first-order chi connectivity index (χ1) is 7.65. The van der Waals surface area contributed by atoms with Crippen molar-refractivity contribution in [1.82, 2.24) is 15.0 Å². The normalized spacial score (nSPS) is 10.4. The van der Waals surface area contributed by atoms with E-state index in [1.807, 2.05) is 24.3 Å². The van der Waals surface area contributed by atoms with E-state index in [1.54, 1.807) is 17.5 Å². The predicted molar refractivity (Wildman–Crippen MR) is 66.0 cm³/mol. The van der Waals surface area contributed by atoms with Gasteiger partial charge in [-0.1, -0.05) is 11.6 Å². The van der Waals surface area contributed by atoms with Crippen molar-refractivity contribution in [2.75, 3.05) is 11.9 Å². The number of hydrogen-bond donors (Lipinski definition) is 0. The standard InChI is InChI=1S/C10H11ClN4S/c1-7-6-16-10(13-7)5-15(2)9-4-12-3-8(11)14-9/h3-4,6H,5H2,1-2H3. The zero-order chi connectivity index (χ0) is 11.5. The van der Waals surface area contributed by atoms with Crippen molar-refractivity contribution in [3.8, 4) is 0 Å². The van der Waals surface area contributed by atoms with E-state index in [-0.39, 0.29) is 0 Å². The van der Waals surface area contributed by atoms with Gasteiger partial charge in [-0.15, -0.1) is 11.3 Å². The topological polar surface area (TPSA) is 41.9 Å². The number of anilines is 1. The Morgan fingerprint density at radius 3 is 2.81 bits per heavy atom. The third kappa shape index (κ3) is 2.68. The van der Waals surface area contributed by atoms with E-state index in [4.69, 9.17) is 11.6 Å². The van der Waals surface area contributed by atoms with E-state index in [0.717, 1.165) is 16.5 Å². The summed E-state index contributed by atoms with van der Waals surface area (Å²) < 4.78 is 0. The maximum atomic E-state index is 5.78. The Hall–Kier alpha value is -1.20. The van der Waals surface area contributed by atoms with Gasteiger partial charge in [-0.2, -0.15) is 0 Å². The molecule has 84 valence electrons. The lowest BCUT2D eigenvalue weighted by Crippen LogP contribution is -2.17. The van der Waals surface area contributed by atoms with Crippen LogP contribution in [0.25, 0.3) is 0 Å². The molecule has 0 radical (unpaired) electrons. The molecular weight excluding hydrogens is 244 g/mol. The average molecular weight is 255 g/mol. The fourth-order valence-corrected chi connectivity index (χ4v) is 2.24. The molecule has 2 aromatic rings. The first kappa shape index (κ1) is 11.3. The number of aryl methyl sites for hydroxylation is 1. The molecule has 0 N–H and O–H groups in total. The second-order valence-corrected chi connectivity index (χ2v) is 4.77. The van der Waals surface area contributed by atoms with Gasteiger partial charge in [0.2, 0.25) is 0 Å². The molecule has 0 saturated carbocycles. The van der Waals surface area contributed by atoms with Crippen molar-refractivity contribution in [3.63, 3.8) is 0 Å². The fourth-order valence-electron chi connectivity index (χ4n) is 1.28. The molecule has 0 amide bonds. The van der Waals surface area contributed by atoms with E-state index in [1.165, 1.54) is 6.20 Å². The first-order valence-electron chi connectivity index (χ1n) is 4.75. The molecule has 0 aromatic carbocycles. The highest BCUT2D eigenvalue weighted by atomic mass is 35.5. The lowest BCUT2D eigenvalue weighted by molar-refractivity contribution is 0.877. The Morgan fingerprint density at radius 1 is 1.38 bits per heavy atom. The fraction of sp³-hybridized carbons (Fsp3) is 0.300. The summed E-state index contributed by atoms with van der Waals surface area (Å²) in [5.74, 6) is 0.750. The van der Waals surface area contributed by atoms with E-state index < -0.39 is 0 Å². The van der Waals surface area contributed by atoms with Gasteiger partial charge >= 0.3 is 0 Å². The van der Waals surface area contributed by atoms with Crippen LogP contribution in [0.15, 0.2) is 17.8 Å². The van der Waals surface area contributed by atoms with Gasteiger partial charge in [0.05, 0.1) is 18.9 Å². The van der Waals surface area contributed by atoms with Crippen LogP contribution in [0.1, 0.15) is 10.7 Å². The maximum absolute atomic E-state index is 5.78. The van der Waals surface area contributed by atoms with Crippen LogP contribution < -0.4 is 4.90 Å². The molecular formula is C10H11ClN4S. The summed E-state index contributed by atoms with van der Waals surface area (Å²) in [4.78, 5) is 14.5. The number of halogens is 1. The molecule has 6 heteroatoms. The lowest BCUT2D eigenvalue weighted by atomic mass is 10.5. The van der Waals surface area contributed by atoms with E-state index in [9.17, 15) is 0 Å². The van der Waals surface area contributed by atoms with Crippen molar-refractivity contribution < 1.29 is 0 Å². The SMILES string of the molecule is Cc1csc(CN(C)c2cncc(Cl)n2)n1. The van der Waals surface area contributed by atoms with Crippen LogP contribution >= 0.6 is 22.9 Å². The quantitative estimate of drug-likeness (QED) is 0.844. The van der Waals surface area contributed by atoms with Crippen molar-refractivity contribution in [1.29, 1.82) is 0 Å². The molecule has 0 unspecified atom stereocenters. The molecule has 0 spiro atoms. The minimum Gasteiger partial charge on any atom is -0.352 e. The summed E-state index contributed by atoms with van der Waals surface area (Å²) in [7, 11) is 1.94. The number of rotatable bonds is 3. The summed E-state index contributed by atoms with van der Waals surface area (Å²) in [6.45, 7) is 2.70. The summed E-state index contributed by atoms with van der Waals surface area (Å²) in [5.41, 5.74) is 1.05. The summed E-state index contributed by atoms with van der Waals surface area (Å²) in [6, 6.07) is 0. The Bertz CT molecular complexity index is 485. The van der Waals surface area contributed by atoms with Gasteiger partial charge in [0.15, 0.2) is 0 Å². The highest BCUT2D eigenvalue weighted by molar-refractivity contribution is 7.09. The Morgan fingerprint density at radius 2 is 2.19 bits per heavy atom. The van der Waals surface area contributed by atoms with E-state index in [0.29, 0.717) is 11.7 Å². The van der Waals surface area contributed by atoms with Crippen LogP contribution in [0.2, 0.25) is 5.15 Å². The molecule has 2 rings (SSSR count). The van der Waals surface area contributed by atoms with Gasteiger partial charge in [0.1, 0.15) is 16.0 Å².